The molecule has 10 heteroatoms. The number of benzene rings is 11. The zero-order chi connectivity index (χ0) is 53.8. The van der Waals surface area contributed by atoms with E-state index in [9.17, 15) is 0 Å². The van der Waals surface area contributed by atoms with E-state index in [1.165, 1.54) is 5.39 Å². The standard InChI is InChI=1S/C72H46N10/c1-7-23-46(24-8-1)68-73-69(47-25-9-2-10-26-47)76-72(75-68)82-61-43-39-53-52-35-19-22-38-58(52)80(50-31-15-5-16-32-50)65(53)64(61)56-41-44-60-63(67(56)82)55-40-42-59-62(66(55)81(60)51-33-17-6-18-34-51)54-36-20-21-37-57(54)78(59)45-79-71(49-29-13-4-14-30-49)74-70(77-79)48-27-11-3-12-28-48/h1-44H,45H2. The number of fused-ring (bicyclic) bond motifs is 15. The zero-order valence-corrected chi connectivity index (χ0v) is 44.1. The fourth-order valence-electron chi connectivity index (χ4n) is 12.8. The summed E-state index contributed by atoms with van der Waals surface area (Å²) in [6.07, 6.45) is 0. The Bertz CT molecular complexity index is 5270. The molecule has 0 aliphatic carbocycles. The van der Waals surface area contributed by atoms with Gasteiger partial charge in [0.15, 0.2) is 18.3 Å². The minimum Gasteiger partial charge on any atom is -0.397 e. The van der Waals surface area contributed by atoms with Crippen molar-refractivity contribution in [2.24, 2.45) is 0 Å². The summed E-state index contributed by atoms with van der Waals surface area (Å²) in [7, 11) is 0. The van der Waals surface area contributed by atoms with Crippen LogP contribution in [0.1, 0.15) is 0 Å². The lowest BCUT2D eigenvalue weighted by Gasteiger charge is -2.12. The maximum Gasteiger partial charge on any atom is 0.238 e. The van der Waals surface area contributed by atoms with Crippen molar-refractivity contribution in [1.82, 2.24) is 43.3 Å². The van der Waals surface area contributed by atoms with Crippen molar-refractivity contribution < 1.29 is 4.68 Å². The van der Waals surface area contributed by atoms with Crippen molar-refractivity contribution in [2.45, 2.75) is 6.67 Å². The molecule has 0 amide bonds. The molecular weight excluding hydrogens is 1000 g/mol. The highest BCUT2D eigenvalue weighted by Crippen LogP contribution is 2.48. The predicted molar refractivity (Wildman–Crippen MR) is 331 cm³/mol. The van der Waals surface area contributed by atoms with Crippen LogP contribution in [0.15, 0.2) is 267 Å². The van der Waals surface area contributed by atoms with Crippen LogP contribution in [0.25, 0.3) is 150 Å². The van der Waals surface area contributed by atoms with Gasteiger partial charge in [-0.2, -0.15) is 9.97 Å². The van der Waals surface area contributed by atoms with E-state index in [4.69, 9.17) is 25.0 Å². The van der Waals surface area contributed by atoms with Crippen LogP contribution in [0.3, 0.4) is 0 Å². The van der Waals surface area contributed by atoms with Crippen molar-refractivity contribution in [1.29, 1.82) is 0 Å². The zero-order valence-electron chi connectivity index (χ0n) is 44.1. The largest absolute Gasteiger partial charge is 0.397 e. The van der Waals surface area contributed by atoms with E-state index in [1.54, 1.807) is 0 Å². The summed E-state index contributed by atoms with van der Waals surface area (Å²) in [5.74, 6) is 3.18. The Balaban J connectivity index is 1.03. The Kier molecular flexibility index (Phi) is 10.1. The van der Waals surface area contributed by atoms with Gasteiger partial charge in [-0.1, -0.05) is 200 Å². The van der Waals surface area contributed by atoms with Crippen LogP contribution in [0.5, 0.6) is 0 Å². The Hall–Kier alpha value is -11.2. The molecule has 0 fully saturated rings. The minimum absolute atomic E-state index is 0.419. The summed E-state index contributed by atoms with van der Waals surface area (Å²) >= 11 is 0. The third-order valence-corrected chi connectivity index (χ3v) is 16.3. The Morgan fingerprint density at radius 1 is 0.305 bits per heavy atom. The van der Waals surface area contributed by atoms with E-state index in [0.717, 1.165) is 121 Å². The molecule has 11 aromatic carbocycles. The summed E-state index contributed by atoms with van der Waals surface area (Å²) in [6, 6.07) is 94.0. The Morgan fingerprint density at radius 3 is 1.33 bits per heavy atom. The van der Waals surface area contributed by atoms with Crippen LogP contribution in [0, 0.1) is 0 Å². The second-order valence-corrected chi connectivity index (χ2v) is 20.9. The maximum absolute atomic E-state index is 5.52. The van der Waals surface area contributed by atoms with Gasteiger partial charge in [-0.15, -0.1) is 0 Å². The van der Waals surface area contributed by atoms with E-state index in [0.29, 0.717) is 30.1 Å². The van der Waals surface area contributed by atoms with E-state index in [-0.39, 0.29) is 0 Å². The van der Waals surface area contributed by atoms with E-state index >= 15 is 0 Å². The molecule has 0 aliphatic heterocycles. The fourth-order valence-corrected chi connectivity index (χ4v) is 12.8. The molecule has 0 bridgehead atoms. The van der Waals surface area contributed by atoms with Crippen molar-refractivity contribution in [3.63, 3.8) is 0 Å². The second-order valence-electron chi connectivity index (χ2n) is 20.9. The third-order valence-electron chi connectivity index (χ3n) is 16.3. The van der Waals surface area contributed by atoms with Crippen molar-refractivity contribution in [3.05, 3.63) is 267 Å². The Morgan fingerprint density at radius 2 is 0.732 bits per heavy atom. The monoisotopic (exact) mass is 1050 g/mol. The molecule has 6 heterocycles. The van der Waals surface area contributed by atoms with Crippen LogP contribution >= 0.6 is 0 Å². The van der Waals surface area contributed by atoms with Gasteiger partial charge in [0.2, 0.25) is 5.95 Å². The number of aromatic nitrogens is 10. The third kappa shape index (κ3) is 6.91. The van der Waals surface area contributed by atoms with Gasteiger partial charge < -0.3 is 18.7 Å². The molecule has 0 unspecified atom stereocenters. The van der Waals surface area contributed by atoms with Crippen LogP contribution in [-0.2, 0) is 6.67 Å². The number of hydrogen-bond donors (Lipinski definition) is 0. The molecule has 0 spiro atoms. The highest BCUT2D eigenvalue weighted by atomic mass is 15.4. The first-order chi connectivity index (χ1) is 40.7. The summed E-state index contributed by atoms with van der Waals surface area (Å²) in [6.45, 7) is 0.419. The first-order valence-corrected chi connectivity index (χ1v) is 27.6. The van der Waals surface area contributed by atoms with Gasteiger partial charge in [0.05, 0.1) is 44.1 Å². The smallest absolute Gasteiger partial charge is 0.238 e. The minimum atomic E-state index is 0.419. The topological polar surface area (TPSA) is 89.3 Å². The molecule has 0 N–H and O–H groups in total. The molecule has 82 heavy (non-hydrogen) atoms. The summed E-state index contributed by atoms with van der Waals surface area (Å²) in [4.78, 5) is 21.5. The summed E-state index contributed by atoms with van der Waals surface area (Å²) in [5, 5.41) is 14.3. The molecule has 6 aromatic heterocycles. The van der Waals surface area contributed by atoms with Gasteiger partial charge in [-0.05, 0) is 78.1 Å². The maximum atomic E-state index is 5.52. The quantitative estimate of drug-likeness (QED) is 0.134. The predicted octanol–water partition coefficient (Wildman–Crippen LogP) is 16.1. The lowest BCUT2D eigenvalue weighted by molar-refractivity contribution is -0.748. The van der Waals surface area contributed by atoms with Crippen LogP contribution in [0.4, 0.5) is 0 Å². The molecule has 0 atom stereocenters. The van der Waals surface area contributed by atoms with Gasteiger partial charge >= 0.3 is 0 Å². The average Bonchev–Trinajstić information content (AvgIpc) is 4.36. The molecule has 17 rings (SSSR count). The second kappa shape index (κ2) is 18.2. The molecule has 384 valence electrons. The first kappa shape index (κ1) is 45.8. The first-order valence-electron chi connectivity index (χ1n) is 27.6. The molecule has 0 saturated heterocycles. The SMILES string of the molecule is c1ccc(-c2nc(-c3ccccc3)nc(-n3c4ccc5c6ccccc6n(-c6ccccc6)c5c4c4ccc5c(c6ccc7c(c8ccccc8n7C[n+]7[n-]c(-c8ccccc8)nc7-c7ccccc7)c6n5-c5ccccc5)c43)n2)cc1. The number of para-hydroxylation sites is 4. The normalized spacial score (nSPS) is 12.0. The molecule has 0 aliphatic rings. The van der Waals surface area contributed by atoms with Gasteiger partial charge in [-0.3, -0.25) is 9.67 Å². The summed E-state index contributed by atoms with van der Waals surface area (Å²) < 4.78 is 11.7. The van der Waals surface area contributed by atoms with Crippen molar-refractivity contribution in [3.8, 4) is 62.9 Å². The fraction of sp³-hybridized carbons (Fsp3) is 0.0139. The van der Waals surface area contributed by atoms with Crippen molar-refractivity contribution in [2.75, 3.05) is 0 Å². The molecule has 17 aromatic rings. The van der Waals surface area contributed by atoms with Gasteiger partial charge in [0, 0.05) is 71.2 Å². The Labute approximate surface area is 469 Å². The lowest BCUT2D eigenvalue weighted by atomic mass is 10.0. The number of rotatable bonds is 9. The van der Waals surface area contributed by atoms with Crippen molar-refractivity contribution >= 4 is 87.2 Å². The average molecular weight is 1050 g/mol. The van der Waals surface area contributed by atoms with Gasteiger partial charge in [-0.25, -0.2) is 9.67 Å². The highest BCUT2D eigenvalue weighted by Gasteiger charge is 2.29. The van der Waals surface area contributed by atoms with E-state index in [1.807, 2.05) is 60.7 Å². The summed E-state index contributed by atoms with van der Waals surface area (Å²) in [5.41, 5.74) is 14.4. The highest BCUT2D eigenvalue weighted by molar-refractivity contribution is 6.34. The van der Waals surface area contributed by atoms with Crippen LogP contribution < -0.4 is 9.78 Å². The van der Waals surface area contributed by atoms with Crippen LogP contribution in [-0.4, -0.2) is 38.2 Å². The van der Waals surface area contributed by atoms with Gasteiger partial charge in [0.25, 0.3) is 0 Å². The molecular formula is C72H46N10. The molecule has 0 radical (unpaired) electrons. The van der Waals surface area contributed by atoms with Gasteiger partial charge in [0.1, 0.15) is 5.82 Å². The van der Waals surface area contributed by atoms with E-state index in [2.05, 4.69) is 229 Å². The lowest BCUT2D eigenvalue weighted by Crippen LogP contribution is -2.42. The van der Waals surface area contributed by atoms with E-state index < -0.39 is 0 Å². The number of nitrogens with zero attached hydrogens (tertiary/aromatic N) is 10. The molecule has 0 saturated carbocycles. The van der Waals surface area contributed by atoms with Crippen LogP contribution in [0.2, 0.25) is 0 Å². The molecule has 10 nitrogen and oxygen atoms in total. The number of hydrogen-bond acceptors (Lipinski definition) is 4.